The van der Waals surface area contributed by atoms with Crippen LogP contribution in [0, 0.1) is 13.8 Å². The monoisotopic (exact) mass is 573 g/mol. The van der Waals surface area contributed by atoms with Crippen molar-refractivity contribution in [1.82, 2.24) is 9.78 Å². The van der Waals surface area contributed by atoms with Gasteiger partial charge in [0.1, 0.15) is 11.5 Å². The third-order valence-corrected chi connectivity index (χ3v) is 8.23. The SMILES string of the molecule is Cc1cccc(OCCCC(=O)N2CCCc3c(-c4cnn(Cc5cccc(CS(=O)(=O)O)c5)c4)cccc32)c1C. The van der Waals surface area contributed by atoms with Crippen LogP contribution in [0.3, 0.4) is 0 Å². The lowest BCUT2D eigenvalue weighted by molar-refractivity contribution is -0.118. The second kappa shape index (κ2) is 12.3. The van der Waals surface area contributed by atoms with Crippen LogP contribution in [0.1, 0.15) is 47.1 Å². The van der Waals surface area contributed by atoms with Crippen LogP contribution in [0.25, 0.3) is 11.1 Å². The Morgan fingerprint density at radius 3 is 2.66 bits per heavy atom. The smallest absolute Gasteiger partial charge is 0.269 e. The molecule has 0 radical (unpaired) electrons. The maximum absolute atomic E-state index is 13.3. The number of nitrogens with zero attached hydrogens (tertiary/aromatic N) is 3. The van der Waals surface area contributed by atoms with Gasteiger partial charge < -0.3 is 9.64 Å². The molecule has 1 aliphatic rings. The molecule has 0 saturated heterocycles. The predicted molar refractivity (Wildman–Crippen MR) is 160 cm³/mol. The van der Waals surface area contributed by atoms with E-state index in [2.05, 4.69) is 24.2 Å². The van der Waals surface area contributed by atoms with Crippen LogP contribution in [0.4, 0.5) is 5.69 Å². The zero-order valence-electron chi connectivity index (χ0n) is 23.4. The van der Waals surface area contributed by atoms with Crippen molar-refractivity contribution in [3.05, 3.63) is 101 Å². The van der Waals surface area contributed by atoms with Crippen LogP contribution in [-0.2, 0) is 33.6 Å². The van der Waals surface area contributed by atoms with E-state index in [0.717, 1.165) is 52.1 Å². The highest BCUT2D eigenvalue weighted by molar-refractivity contribution is 7.85. The number of aromatic nitrogens is 2. The fraction of sp³-hybridized carbons (Fsp3) is 0.312. The van der Waals surface area contributed by atoms with E-state index >= 15 is 0 Å². The molecular formula is C32H35N3O5S. The van der Waals surface area contributed by atoms with Crippen molar-refractivity contribution in [2.45, 2.75) is 51.8 Å². The maximum Gasteiger partial charge on any atom is 0.269 e. The van der Waals surface area contributed by atoms with Crippen molar-refractivity contribution in [3.63, 3.8) is 0 Å². The maximum atomic E-state index is 13.3. The van der Waals surface area contributed by atoms with Crippen molar-refractivity contribution in [1.29, 1.82) is 0 Å². The Morgan fingerprint density at radius 1 is 1.05 bits per heavy atom. The predicted octanol–water partition coefficient (Wildman–Crippen LogP) is 5.74. The molecule has 1 N–H and O–H groups in total. The lowest BCUT2D eigenvalue weighted by atomic mass is 9.93. The van der Waals surface area contributed by atoms with Gasteiger partial charge in [-0.25, -0.2) is 0 Å². The molecule has 3 aromatic carbocycles. The minimum Gasteiger partial charge on any atom is -0.493 e. The summed E-state index contributed by atoms with van der Waals surface area (Å²) in [5, 5.41) is 4.54. The number of benzene rings is 3. The van der Waals surface area contributed by atoms with Gasteiger partial charge in [-0.2, -0.15) is 13.5 Å². The van der Waals surface area contributed by atoms with Gasteiger partial charge in [0.2, 0.25) is 5.91 Å². The van der Waals surface area contributed by atoms with E-state index in [-0.39, 0.29) is 5.91 Å². The number of aryl methyl sites for hydroxylation is 1. The largest absolute Gasteiger partial charge is 0.493 e. The highest BCUT2D eigenvalue weighted by atomic mass is 32.2. The Labute approximate surface area is 241 Å². The molecule has 9 heteroatoms. The van der Waals surface area contributed by atoms with E-state index < -0.39 is 15.9 Å². The van der Waals surface area contributed by atoms with Gasteiger partial charge >= 0.3 is 0 Å². The summed E-state index contributed by atoms with van der Waals surface area (Å²) in [6, 6.07) is 19.2. The molecule has 2 heterocycles. The topological polar surface area (TPSA) is 102 Å². The van der Waals surface area contributed by atoms with E-state index in [1.807, 2.05) is 59.2 Å². The second-order valence-electron chi connectivity index (χ2n) is 10.6. The molecule has 1 aliphatic heterocycles. The molecule has 8 nitrogen and oxygen atoms in total. The quantitative estimate of drug-likeness (QED) is 0.192. The minimum absolute atomic E-state index is 0.105. The molecule has 5 rings (SSSR count). The molecule has 0 unspecified atom stereocenters. The summed E-state index contributed by atoms with van der Waals surface area (Å²) in [6.45, 7) is 5.77. The first-order chi connectivity index (χ1) is 19.7. The number of hydrogen-bond donors (Lipinski definition) is 1. The van der Waals surface area contributed by atoms with Crippen LogP contribution in [0.2, 0.25) is 0 Å². The standard InChI is InChI=1S/C32H35N3O5S/c1-23-8-3-14-31(24(23)2)40-17-7-15-32(36)35-16-6-12-29-28(11-5-13-30(29)35)27-19-33-34(21-27)20-25-9-4-10-26(18-25)22-41(37,38)39/h3-5,8-11,13-14,18-19,21H,6-7,12,15-17,20,22H2,1-2H3,(H,37,38,39). The van der Waals surface area contributed by atoms with Crippen molar-refractivity contribution >= 4 is 21.7 Å². The lowest BCUT2D eigenvalue weighted by Gasteiger charge is -2.31. The third-order valence-electron chi connectivity index (χ3n) is 7.53. The van der Waals surface area contributed by atoms with Crippen molar-refractivity contribution in [2.24, 2.45) is 0 Å². The van der Waals surface area contributed by atoms with Gasteiger partial charge in [-0.15, -0.1) is 0 Å². The Kier molecular flexibility index (Phi) is 8.56. The molecular weight excluding hydrogens is 538 g/mol. The zero-order valence-corrected chi connectivity index (χ0v) is 24.2. The molecule has 41 heavy (non-hydrogen) atoms. The summed E-state index contributed by atoms with van der Waals surface area (Å²) in [6.07, 6.45) is 6.63. The van der Waals surface area contributed by atoms with Gasteiger partial charge in [0.15, 0.2) is 0 Å². The number of ether oxygens (including phenoxy) is 1. The molecule has 0 aliphatic carbocycles. The van der Waals surface area contributed by atoms with Gasteiger partial charge in [0, 0.05) is 30.4 Å². The first-order valence-corrected chi connectivity index (χ1v) is 15.5. The first kappa shape index (κ1) is 28.6. The van der Waals surface area contributed by atoms with E-state index in [1.165, 1.54) is 5.56 Å². The molecule has 0 spiro atoms. The van der Waals surface area contributed by atoms with E-state index in [0.29, 0.717) is 38.1 Å². The van der Waals surface area contributed by atoms with Crippen molar-refractivity contribution in [2.75, 3.05) is 18.1 Å². The fourth-order valence-electron chi connectivity index (χ4n) is 5.38. The highest BCUT2D eigenvalue weighted by Crippen LogP contribution is 2.36. The number of carbonyl (C=O) groups excluding carboxylic acids is 1. The molecule has 4 aromatic rings. The van der Waals surface area contributed by atoms with Crippen LogP contribution in [-0.4, -0.2) is 41.8 Å². The summed E-state index contributed by atoms with van der Waals surface area (Å²) in [5.74, 6) is 0.556. The molecule has 0 bridgehead atoms. The molecule has 0 fully saturated rings. The fourth-order valence-corrected chi connectivity index (χ4v) is 5.98. The number of anilines is 1. The number of amides is 1. The molecule has 214 valence electrons. The summed E-state index contributed by atoms with van der Waals surface area (Å²) < 4.78 is 39.5. The first-order valence-electron chi connectivity index (χ1n) is 13.8. The minimum atomic E-state index is -4.10. The van der Waals surface area contributed by atoms with Gasteiger partial charge in [-0.1, -0.05) is 48.5 Å². The normalized spacial score (nSPS) is 13.2. The summed E-state index contributed by atoms with van der Waals surface area (Å²) >= 11 is 0. The Balaban J connectivity index is 1.25. The molecule has 0 saturated carbocycles. The van der Waals surface area contributed by atoms with E-state index in [1.54, 1.807) is 18.2 Å². The number of rotatable bonds is 10. The molecule has 1 amide bonds. The van der Waals surface area contributed by atoms with Crippen molar-refractivity contribution in [3.8, 4) is 16.9 Å². The number of fused-ring (bicyclic) bond motifs is 1. The zero-order chi connectivity index (χ0) is 29.0. The van der Waals surface area contributed by atoms with Crippen LogP contribution in [0.15, 0.2) is 73.1 Å². The lowest BCUT2D eigenvalue weighted by Crippen LogP contribution is -2.35. The number of hydrogen-bond acceptors (Lipinski definition) is 5. The van der Waals surface area contributed by atoms with Gasteiger partial charge in [0.25, 0.3) is 10.1 Å². The molecule has 0 atom stereocenters. The Hall–Kier alpha value is -3.95. The van der Waals surface area contributed by atoms with Gasteiger partial charge in [-0.3, -0.25) is 14.0 Å². The van der Waals surface area contributed by atoms with E-state index in [9.17, 15) is 13.2 Å². The van der Waals surface area contributed by atoms with Crippen molar-refractivity contribution < 1.29 is 22.5 Å². The highest BCUT2D eigenvalue weighted by Gasteiger charge is 2.24. The Morgan fingerprint density at radius 2 is 1.83 bits per heavy atom. The van der Waals surface area contributed by atoms with Crippen LogP contribution >= 0.6 is 0 Å². The third kappa shape index (κ3) is 7.04. The van der Waals surface area contributed by atoms with E-state index in [4.69, 9.17) is 9.29 Å². The summed E-state index contributed by atoms with van der Waals surface area (Å²) in [7, 11) is -4.10. The summed E-state index contributed by atoms with van der Waals surface area (Å²) in [5.41, 5.74) is 7.86. The van der Waals surface area contributed by atoms with Gasteiger partial charge in [-0.05, 0) is 78.6 Å². The second-order valence-corrected chi connectivity index (χ2v) is 12.0. The van der Waals surface area contributed by atoms with Crippen LogP contribution in [0.5, 0.6) is 5.75 Å². The van der Waals surface area contributed by atoms with Gasteiger partial charge in [0.05, 0.1) is 19.3 Å². The Bertz CT molecular complexity index is 1660. The average molecular weight is 574 g/mol. The number of carbonyl (C=O) groups is 1. The summed E-state index contributed by atoms with van der Waals surface area (Å²) in [4.78, 5) is 15.2. The average Bonchev–Trinajstić information content (AvgIpc) is 3.40. The molecule has 1 aromatic heterocycles. The van der Waals surface area contributed by atoms with Crippen LogP contribution < -0.4 is 9.64 Å².